The molecule has 2 aromatic carbocycles. The monoisotopic (exact) mass is 364 g/mol. The van der Waals surface area contributed by atoms with Crippen LogP contribution in [0.3, 0.4) is 0 Å². The highest BCUT2D eigenvalue weighted by atomic mass is 16.5. The lowest BCUT2D eigenvalue weighted by Gasteiger charge is -2.16. The number of hydrogen-bond donors (Lipinski definition) is 1. The molecule has 0 radical (unpaired) electrons. The number of aromatic nitrogens is 1. The first-order valence-corrected chi connectivity index (χ1v) is 9.05. The zero-order valence-electron chi connectivity index (χ0n) is 16.1. The van der Waals surface area contributed by atoms with Crippen LogP contribution < -0.4 is 10.1 Å². The molecule has 0 amide bonds. The number of nitrogens with zero attached hydrogens (tertiary/aromatic N) is 1. The van der Waals surface area contributed by atoms with Crippen molar-refractivity contribution < 1.29 is 14.3 Å². The highest BCUT2D eigenvalue weighted by Crippen LogP contribution is 2.34. The minimum absolute atomic E-state index is 0.303. The first kappa shape index (κ1) is 18.7. The lowest BCUT2D eigenvalue weighted by Crippen LogP contribution is -2.09. The first-order valence-electron chi connectivity index (χ1n) is 9.05. The molecule has 140 valence electrons. The van der Waals surface area contributed by atoms with E-state index in [1.807, 2.05) is 30.3 Å². The predicted molar refractivity (Wildman–Crippen MR) is 108 cm³/mol. The highest BCUT2D eigenvalue weighted by Gasteiger charge is 2.18. The third kappa shape index (κ3) is 3.87. The highest BCUT2D eigenvalue weighted by molar-refractivity contribution is 6.07. The fourth-order valence-corrected chi connectivity index (χ4v) is 2.95. The number of anilines is 2. The van der Waals surface area contributed by atoms with Crippen molar-refractivity contribution in [2.45, 2.75) is 26.7 Å². The van der Waals surface area contributed by atoms with Crippen LogP contribution >= 0.6 is 0 Å². The van der Waals surface area contributed by atoms with Gasteiger partial charge in [0.2, 0.25) is 0 Å². The van der Waals surface area contributed by atoms with Gasteiger partial charge in [-0.1, -0.05) is 38.1 Å². The zero-order chi connectivity index (χ0) is 19.4. The van der Waals surface area contributed by atoms with E-state index in [1.165, 1.54) is 11.8 Å². The Morgan fingerprint density at radius 1 is 1.15 bits per heavy atom. The van der Waals surface area contributed by atoms with Gasteiger partial charge in [0, 0.05) is 17.3 Å². The minimum Gasteiger partial charge on any atom is -0.494 e. The summed E-state index contributed by atoms with van der Waals surface area (Å²) in [4.78, 5) is 16.9. The number of ether oxygens (including phenoxy) is 2. The van der Waals surface area contributed by atoms with Crippen molar-refractivity contribution in [3.8, 4) is 5.75 Å². The summed E-state index contributed by atoms with van der Waals surface area (Å²) in [6, 6.07) is 13.8. The minimum atomic E-state index is -0.406. The van der Waals surface area contributed by atoms with Gasteiger partial charge in [0.25, 0.3) is 0 Å². The summed E-state index contributed by atoms with van der Waals surface area (Å²) in [6.45, 7) is 6.40. The molecule has 0 saturated heterocycles. The maximum absolute atomic E-state index is 12.5. The Labute approximate surface area is 159 Å². The Balaban J connectivity index is 2.11. The number of hydrogen-bond acceptors (Lipinski definition) is 5. The number of fused-ring (bicyclic) bond motifs is 1. The third-order valence-corrected chi connectivity index (χ3v) is 4.42. The normalized spacial score (nSPS) is 10.9. The molecule has 1 heterocycles. The van der Waals surface area contributed by atoms with Crippen LogP contribution in [0.15, 0.2) is 48.7 Å². The maximum Gasteiger partial charge on any atom is 0.341 e. The molecule has 0 aliphatic heterocycles. The van der Waals surface area contributed by atoms with Crippen molar-refractivity contribution >= 4 is 28.2 Å². The molecule has 3 aromatic rings. The zero-order valence-corrected chi connectivity index (χ0v) is 16.1. The maximum atomic E-state index is 12.5. The number of esters is 1. The Hall–Kier alpha value is -3.08. The molecule has 0 saturated carbocycles. The van der Waals surface area contributed by atoms with E-state index < -0.39 is 5.97 Å². The molecule has 0 bridgehead atoms. The van der Waals surface area contributed by atoms with Crippen LogP contribution in [-0.2, 0) is 4.74 Å². The van der Waals surface area contributed by atoms with Gasteiger partial charge in [-0.25, -0.2) is 4.79 Å². The van der Waals surface area contributed by atoms with Gasteiger partial charge in [-0.05, 0) is 36.6 Å². The summed E-state index contributed by atoms with van der Waals surface area (Å²) in [6.07, 6.45) is 1.54. The summed E-state index contributed by atoms with van der Waals surface area (Å²) in [5.74, 6) is 0.706. The number of benzene rings is 2. The number of nitrogens with one attached hydrogen (secondary N) is 1. The molecule has 27 heavy (non-hydrogen) atoms. The fraction of sp³-hybridized carbons (Fsp3) is 0.273. The fourth-order valence-electron chi connectivity index (χ4n) is 2.95. The molecule has 5 heteroatoms. The Kier molecular flexibility index (Phi) is 5.60. The van der Waals surface area contributed by atoms with E-state index in [2.05, 4.69) is 36.3 Å². The number of methoxy groups -OCH3 is 1. The molecule has 0 aliphatic rings. The summed E-state index contributed by atoms with van der Waals surface area (Å²) in [5.41, 5.74) is 3.89. The van der Waals surface area contributed by atoms with Gasteiger partial charge in [0.1, 0.15) is 16.8 Å². The molecule has 3 rings (SSSR count). The largest absolute Gasteiger partial charge is 0.494 e. The van der Waals surface area contributed by atoms with Crippen LogP contribution in [0.25, 0.3) is 10.9 Å². The van der Waals surface area contributed by atoms with E-state index in [-0.39, 0.29) is 0 Å². The Morgan fingerprint density at radius 3 is 2.52 bits per heavy atom. The number of carbonyl (C=O) groups is 1. The Bertz CT molecular complexity index is 950. The van der Waals surface area contributed by atoms with E-state index >= 15 is 0 Å². The van der Waals surface area contributed by atoms with Crippen molar-refractivity contribution in [2.75, 3.05) is 19.0 Å². The van der Waals surface area contributed by atoms with Gasteiger partial charge >= 0.3 is 5.97 Å². The SMILES string of the molecule is CCOC(=O)c1cnc2c(OC)cccc2c1Nc1ccc(C(C)C)cc1. The summed E-state index contributed by atoms with van der Waals surface area (Å²) in [5, 5.41) is 4.17. The molecule has 0 atom stereocenters. The van der Waals surface area contributed by atoms with Crippen LogP contribution in [-0.4, -0.2) is 24.7 Å². The number of para-hydroxylation sites is 1. The topological polar surface area (TPSA) is 60.5 Å². The molecule has 0 unspecified atom stereocenters. The Morgan fingerprint density at radius 2 is 1.89 bits per heavy atom. The van der Waals surface area contributed by atoms with E-state index in [4.69, 9.17) is 9.47 Å². The predicted octanol–water partition coefficient (Wildman–Crippen LogP) is 5.29. The molecule has 0 fully saturated rings. The average molecular weight is 364 g/mol. The van der Waals surface area contributed by atoms with Gasteiger partial charge in [0.15, 0.2) is 0 Å². The molecule has 0 spiro atoms. The van der Waals surface area contributed by atoms with E-state index in [0.29, 0.717) is 35.0 Å². The van der Waals surface area contributed by atoms with Gasteiger partial charge in [-0.3, -0.25) is 4.98 Å². The standard InChI is InChI=1S/C22H24N2O3/c1-5-27-22(25)18-13-23-21-17(7-6-8-19(21)26-4)20(18)24-16-11-9-15(10-12-16)14(2)3/h6-14H,5H2,1-4H3,(H,23,24). The molecule has 1 N–H and O–H groups in total. The first-order chi connectivity index (χ1) is 13.0. The number of rotatable bonds is 6. The second kappa shape index (κ2) is 8.08. The van der Waals surface area contributed by atoms with Crippen molar-refractivity contribution in [3.63, 3.8) is 0 Å². The van der Waals surface area contributed by atoms with E-state index in [0.717, 1.165) is 11.1 Å². The quantitative estimate of drug-likeness (QED) is 0.602. The average Bonchev–Trinajstić information content (AvgIpc) is 2.68. The number of pyridine rings is 1. The van der Waals surface area contributed by atoms with Crippen molar-refractivity contribution in [1.29, 1.82) is 0 Å². The lowest BCUT2D eigenvalue weighted by molar-refractivity contribution is 0.0527. The lowest BCUT2D eigenvalue weighted by atomic mass is 10.0. The van der Waals surface area contributed by atoms with Crippen LogP contribution in [0, 0.1) is 0 Å². The van der Waals surface area contributed by atoms with Crippen LogP contribution in [0.4, 0.5) is 11.4 Å². The molecule has 5 nitrogen and oxygen atoms in total. The van der Waals surface area contributed by atoms with E-state index in [9.17, 15) is 4.79 Å². The van der Waals surface area contributed by atoms with Crippen molar-refractivity contribution in [2.24, 2.45) is 0 Å². The summed E-state index contributed by atoms with van der Waals surface area (Å²) < 4.78 is 10.6. The second-order valence-corrected chi connectivity index (χ2v) is 6.53. The van der Waals surface area contributed by atoms with Crippen LogP contribution in [0.5, 0.6) is 5.75 Å². The van der Waals surface area contributed by atoms with Crippen molar-refractivity contribution in [3.05, 3.63) is 59.8 Å². The van der Waals surface area contributed by atoms with Crippen LogP contribution in [0.2, 0.25) is 0 Å². The van der Waals surface area contributed by atoms with Gasteiger partial charge in [-0.15, -0.1) is 0 Å². The number of carbonyl (C=O) groups excluding carboxylic acids is 1. The van der Waals surface area contributed by atoms with Gasteiger partial charge < -0.3 is 14.8 Å². The van der Waals surface area contributed by atoms with E-state index in [1.54, 1.807) is 14.0 Å². The van der Waals surface area contributed by atoms with Gasteiger partial charge in [-0.2, -0.15) is 0 Å². The van der Waals surface area contributed by atoms with Crippen molar-refractivity contribution in [1.82, 2.24) is 4.98 Å². The summed E-state index contributed by atoms with van der Waals surface area (Å²) in [7, 11) is 1.60. The second-order valence-electron chi connectivity index (χ2n) is 6.53. The molecule has 1 aromatic heterocycles. The molecule has 0 aliphatic carbocycles. The smallest absolute Gasteiger partial charge is 0.341 e. The molecular formula is C22H24N2O3. The summed E-state index contributed by atoms with van der Waals surface area (Å²) >= 11 is 0. The van der Waals surface area contributed by atoms with Crippen LogP contribution in [0.1, 0.15) is 42.6 Å². The van der Waals surface area contributed by atoms with Gasteiger partial charge in [0.05, 0.1) is 19.4 Å². The molecular weight excluding hydrogens is 340 g/mol. The third-order valence-electron chi connectivity index (χ3n) is 4.42.